The summed E-state index contributed by atoms with van der Waals surface area (Å²) in [5, 5.41) is 2.80. The van der Waals surface area contributed by atoms with Gasteiger partial charge in [0.05, 0.1) is 18.2 Å². The Kier molecular flexibility index (Phi) is 4.77. The molecule has 4 nitrogen and oxygen atoms in total. The standard InChI is InChI=1S/C15H20F2N2O2/c1-9-7-19(8-10(2)21-9)15(20)18-11(3)12-4-5-13(16)14(17)6-12/h4-6,9-11H,7-8H2,1-3H3,(H,18,20). The number of hydrogen-bond donors (Lipinski definition) is 1. The van der Waals surface area contributed by atoms with E-state index in [0.717, 1.165) is 12.1 Å². The van der Waals surface area contributed by atoms with Crippen LogP contribution in [0.15, 0.2) is 18.2 Å². The molecule has 3 unspecified atom stereocenters. The molecule has 2 amide bonds. The van der Waals surface area contributed by atoms with Crippen LogP contribution in [0.3, 0.4) is 0 Å². The second-order valence-corrected chi connectivity index (χ2v) is 5.51. The summed E-state index contributed by atoms with van der Waals surface area (Å²) in [5.41, 5.74) is 0.525. The minimum absolute atomic E-state index is 0.0157. The third-order valence-corrected chi connectivity index (χ3v) is 3.49. The lowest BCUT2D eigenvalue weighted by Gasteiger charge is -2.35. The summed E-state index contributed by atoms with van der Waals surface area (Å²) < 4.78 is 31.7. The first-order valence-corrected chi connectivity index (χ1v) is 7.02. The molecule has 21 heavy (non-hydrogen) atoms. The Morgan fingerprint density at radius 3 is 2.48 bits per heavy atom. The van der Waals surface area contributed by atoms with Crippen molar-refractivity contribution in [3.63, 3.8) is 0 Å². The summed E-state index contributed by atoms with van der Waals surface area (Å²) in [7, 11) is 0. The van der Waals surface area contributed by atoms with E-state index >= 15 is 0 Å². The molecule has 0 spiro atoms. The Bertz CT molecular complexity index is 514. The first-order chi connectivity index (χ1) is 9.86. The van der Waals surface area contributed by atoms with Crippen LogP contribution in [-0.4, -0.2) is 36.2 Å². The summed E-state index contributed by atoms with van der Waals surface area (Å²) >= 11 is 0. The molecular weight excluding hydrogens is 278 g/mol. The van der Waals surface area contributed by atoms with E-state index in [1.54, 1.807) is 11.8 Å². The Labute approximate surface area is 123 Å². The lowest BCUT2D eigenvalue weighted by atomic mass is 10.1. The fraction of sp³-hybridized carbons (Fsp3) is 0.533. The van der Waals surface area contributed by atoms with E-state index in [2.05, 4.69) is 5.32 Å². The zero-order chi connectivity index (χ0) is 15.6. The number of benzene rings is 1. The highest BCUT2D eigenvalue weighted by Gasteiger charge is 2.26. The molecule has 6 heteroatoms. The number of amides is 2. The number of carbonyl (C=O) groups is 1. The van der Waals surface area contributed by atoms with Crippen LogP contribution < -0.4 is 5.32 Å². The number of nitrogens with one attached hydrogen (secondary N) is 1. The smallest absolute Gasteiger partial charge is 0.318 e. The molecule has 1 aliphatic heterocycles. The fourth-order valence-corrected chi connectivity index (χ4v) is 2.49. The molecule has 0 aromatic heterocycles. The zero-order valence-electron chi connectivity index (χ0n) is 12.4. The maximum Gasteiger partial charge on any atom is 0.318 e. The number of hydrogen-bond acceptors (Lipinski definition) is 2. The average Bonchev–Trinajstić information content (AvgIpc) is 2.40. The monoisotopic (exact) mass is 298 g/mol. The zero-order valence-corrected chi connectivity index (χ0v) is 12.4. The second-order valence-electron chi connectivity index (χ2n) is 5.51. The van der Waals surface area contributed by atoms with Crippen molar-refractivity contribution in [1.82, 2.24) is 10.2 Å². The first-order valence-electron chi connectivity index (χ1n) is 7.02. The van der Waals surface area contributed by atoms with Crippen molar-refractivity contribution in [2.24, 2.45) is 0 Å². The molecule has 1 N–H and O–H groups in total. The van der Waals surface area contributed by atoms with Gasteiger partial charge in [0.1, 0.15) is 0 Å². The average molecular weight is 298 g/mol. The van der Waals surface area contributed by atoms with Gasteiger partial charge in [-0.05, 0) is 38.5 Å². The molecule has 116 valence electrons. The van der Waals surface area contributed by atoms with Crippen LogP contribution in [0.25, 0.3) is 0 Å². The summed E-state index contributed by atoms with van der Waals surface area (Å²) in [5.74, 6) is -1.81. The SMILES string of the molecule is CC1CN(C(=O)NC(C)c2ccc(F)c(F)c2)CC(C)O1. The molecule has 2 rings (SSSR count). The lowest BCUT2D eigenvalue weighted by molar-refractivity contribution is -0.0547. The molecule has 3 atom stereocenters. The third kappa shape index (κ3) is 3.91. The van der Waals surface area contributed by atoms with E-state index in [-0.39, 0.29) is 18.2 Å². The summed E-state index contributed by atoms with van der Waals surface area (Å²) in [6.07, 6.45) is -0.0313. The van der Waals surface area contributed by atoms with Gasteiger partial charge in [0, 0.05) is 13.1 Å². The van der Waals surface area contributed by atoms with Gasteiger partial charge in [0.25, 0.3) is 0 Å². The Balaban J connectivity index is 1.99. The Morgan fingerprint density at radius 1 is 1.29 bits per heavy atom. The van der Waals surface area contributed by atoms with Crippen LogP contribution in [0, 0.1) is 11.6 Å². The van der Waals surface area contributed by atoms with Gasteiger partial charge < -0.3 is 15.0 Å². The second kappa shape index (κ2) is 6.39. The van der Waals surface area contributed by atoms with Gasteiger partial charge in [-0.3, -0.25) is 0 Å². The van der Waals surface area contributed by atoms with Crippen LogP contribution >= 0.6 is 0 Å². The third-order valence-electron chi connectivity index (χ3n) is 3.49. The summed E-state index contributed by atoms with van der Waals surface area (Å²) in [4.78, 5) is 13.9. The van der Waals surface area contributed by atoms with Gasteiger partial charge in [-0.15, -0.1) is 0 Å². The van der Waals surface area contributed by atoms with Gasteiger partial charge >= 0.3 is 6.03 Å². The molecule has 0 aliphatic carbocycles. The Morgan fingerprint density at radius 2 is 1.90 bits per heavy atom. The molecule has 1 aromatic carbocycles. The summed E-state index contributed by atoms with van der Waals surface area (Å²) in [6.45, 7) is 6.59. The normalized spacial score (nSPS) is 23.8. The van der Waals surface area contributed by atoms with Crippen LogP contribution in [0.2, 0.25) is 0 Å². The van der Waals surface area contributed by atoms with E-state index in [9.17, 15) is 13.6 Å². The molecule has 1 saturated heterocycles. The van der Waals surface area contributed by atoms with Gasteiger partial charge in [0.2, 0.25) is 0 Å². The molecule has 1 heterocycles. The van der Waals surface area contributed by atoms with Crippen molar-refractivity contribution < 1.29 is 18.3 Å². The number of morpholine rings is 1. The van der Waals surface area contributed by atoms with Crippen molar-refractivity contribution in [3.8, 4) is 0 Å². The minimum atomic E-state index is -0.915. The maximum absolute atomic E-state index is 13.2. The largest absolute Gasteiger partial charge is 0.372 e. The molecule has 0 bridgehead atoms. The van der Waals surface area contributed by atoms with Crippen molar-refractivity contribution in [2.75, 3.05) is 13.1 Å². The lowest BCUT2D eigenvalue weighted by Crippen LogP contribution is -2.52. The number of halogens is 2. The quantitative estimate of drug-likeness (QED) is 0.912. The van der Waals surface area contributed by atoms with Crippen molar-refractivity contribution in [1.29, 1.82) is 0 Å². The maximum atomic E-state index is 13.2. The molecule has 0 radical (unpaired) electrons. The van der Waals surface area contributed by atoms with Crippen LogP contribution in [-0.2, 0) is 4.74 Å². The van der Waals surface area contributed by atoms with Gasteiger partial charge in [-0.1, -0.05) is 6.07 Å². The fourth-order valence-electron chi connectivity index (χ4n) is 2.49. The molecule has 1 aromatic rings. The minimum Gasteiger partial charge on any atom is -0.372 e. The van der Waals surface area contributed by atoms with Crippen LogP contribution in [0.5, 0.6) is 0 Å². The van der Waals surface area contributed by atoms with E-state index in [4.69, 9.17) is 4.74 Å². The van der Waals surface area contributed by atoms with Crippen LogP contribution in [0.4, 0.5) is 13.6 Å². The highest BCUT2D eigenvalue weighted by molar-refractivity contribution is 5.74. The summed E-state index contributed by atoms with van der Waals surface area (Å²) in [6, 6.07) is 3.00. The Hall–Kier alpha value is -1.69. The van der Waals surface area contributed by atoms with E-state index in [0.29, 0.717) is 18.7 Å². The number of carbonyl (C=O) groups excluding carboxylic acids is 1. The van der Waals surface area contributed by atoms with Crippen molar-refractivity contribution in [2.45, 2.75) is 39.0 Å². The number of urea groups is 1. The van der Waals surface area contributed by atoms with Crippen molar-refractivity contribution in [3.05, 3.63) is 35.4 Å². The van der Waals surface area contributed by atoms with E-state index in [1.165, 1.54) is 6.07 Å². The first kappa shape index (κ1) is 15.7. The molecule has 1 fully saturated rings. The predicted molar refractivity (Wildman–Crippen MR) is 74.9 cm³/mol. The van der Waals surface area contributed by atoms with Crippen molar-refractivity contribution >= 4 is 6.03 Å². The van der Waals surface area contributed by atoms with Crippen LogP contribution in [0.1, 0.15) is 32.4 Å². The van der Waals surface area contributed by atoms with Gasteiger partial charge in [0.15, 0.2) is 11.6 Å². The molecule has 1 aliphatic rings. The van der Waals surface area contributed by atoms with Gasteiger partial charge in [-0.2, -0.15) is 0 Å². The number of ether oxygens (including phenoxy) is 1. The topological polar surface area (TPSA) is 41.6 Å². The number of rotatable bonds is 2. The molecule has 0 saturated carbocycles. The van der Waals surface area contributed by atoms with E-state index in [1.807, 2.05) is 13.8 Å². The number of nitrogens with zero attached hydrogens (tertiary/aromatic N) is 1. The molecular formula is C15H20F2N2O2. The highest BCUT2D eigenvalue weighted by atomic mass is 19.2. The van der Waals surface area contributed by atoms with E-state index < -0.39 is 17.7 Å². The highest BCUT2D eigenvalue weighted by Crippen LogP contribution is 2.17. The van der Waals surface area contributed by atoms with Gasteiger partial charge in [-0.25, -0.2) is 13.6 Å². The predicted octanol–water partition coefficient (Wildman–Crippen LogP) is 2.84.